The number of aromatic nitrogens is 1. The van der Waals surface area contributed by atoms with Gasteiger partial charge < -0.3 is 4.90 Å². The van der Waals surface area contributed by atoms with Crippen LogP contribution in [0, 0.1) is 0 Å². The van der Waals surface area contributed by atoms with Crippen LogP contribution < -0.4 is 4.90 Å². The minimum absolute atomic E-state index is 0.217. The largest absolute Gasteiger partial charge is 0.310 e. The number of hydrogen-bond acceptors (Lipinski definition) is 2. The van der Waals surface area contributed by atoms with E-state index in [0.717, 1.165) is 33.5 Å². The molecule has 0 amide bonds. The van der Waals surface area contributed by atoms with Gasteiger partial charge in [-0.1, -0.05) is 135 Å². The van der Waals surface area contributed by atoms with Crippen LogP contribution in [0.4, 0.5) is 17.1 Å². The highest BCUT2D eigenvalue weighted by atomic mass is 15.1. The third kappa shape index (κ3) is 4.63. The van der Waals surface area contributed by atoms with Crippen molar-refractivity contribution in [3.63, 3.8) is 0 Å². The Kier molecular flexibility index (Phi) is 6.63. The van der Waals surface area contributed by atoms with E-state index in [4.69, 9.17) is 4.98 Å². The number of para-hydroxylation sites is 1. The molecule has 0 aliphatic heterocycles. The molecule has 54 heavy (non-hydrogen) atoms. The Morgan fingerprint density at radius 1 is 0.426 bits per heavy atom. The van der Waals surface area contributed by atoms with Gasteiger partial charge in [-0.15, -0.1) is 0 Å². The second kappa shape index (κ2) is 11.6. The molecular formula is C52H36N2. The highest BCUT2D eigenvalue weighted by molar-refractivity contribution is 6.12. The average Bonchev–Trinajstić information content (AvgIpc) is 3.46. The fourth-order valence-electron chi connectivity index (χ4n) is 9.17. The zero-order valence-electron chi connectivity index (χ0n) is 30.2. The fourth-order valence-corrected chi connectivity index (χ4v) is 9.17. The molecule has 11 rings (SSSR count). The van der Waals surface area contributed by atoms with Crippen molar-refractivity contribution < 1.29 is 0 Å². The van der Waals surface area contributed by atoms with Crippen LogP contribution in [-0.2, 0) is 5.41 Å². The van der Waals surface area contributed by atoms with Crippen LogP contribution in [0.2, 0.25) is 0 Å². The van der Waals surface area contributed by atoms with Gasteiger partial charge in [-0.2, -0.15) is 0 Å². The lowest BCUT2D eigenvalue weighted by molar-refractivity contribution is 0.667. The number of anilines is 3. The van der Waals surface area contributed by atoms with Crippen LogP contribution in [0.25, 0.3) is 76.2 Å². The Morgan fingerprint density at radius 3 is 1.69 bits per heavy atom. The molecule has 2 nitrogen and oxygen atoms in total. The van der Waals surface area contributed by atoms with Crippen molar-refractivity contribution in [2.75, 3.05) is 4.90 Å². The Hall–Kier alpha value is -6.77. The standard InChI is InChI=1S/C52H36N2/c1-52(2)48-31-47(39-27-38-15-7-10-18-49(38)53-32-39)44-16-8-9-17-45(44)50(48)46-25-21-37-30-42(24-26-43(37)51(46)52)54(40-22-19-33-11-3-5-13-35(33)28-40)41-23-20-34-12-4-6-14-36(34)29-41/h3-32H,1-2H3. The molecule has 0 N–H and O–H groups in total. The van der Waals surface area contributed by atoms with E-state index in [1.54, 1.807) is 0 Å². The van der Waals surface area contributed by atoms with E-state index in [-0.39, 0.29) is 5.41 Å². The summed E-state index contributed by atoms with van der Waals surface area (Å²) in [6.45, 7) is 4.80. The van der Waals surface area contributed by atoms with Crippen molar-refractivity contribution >= 4 is 71.1 Å². The third-order valence-electron chi connectivity index (χ3n) is 11.8. The van der Waals surface area contributed by atoms with Gasteiger partial charge in [-0.3, -0.25) is 4.98 Å². The highest BCUT2D eigenvalue weighted by Crippen LogP contribution is 2.55. The summed E-state index contributed by atoms with van der Waals surface area (Å²) in [5.41, 5.74) is 12.0. The zero-order chi connectivity index (χ0) is 36.0. The predicted octanol–water partition coefficient (Wildman–Crippen LogP) is 14.3. The topological polar surface area (TPSA) is 16.1 Å². The molecule has 0 bridgehead atoms. The number of hydrogen-bond donors (Lipinski definition) is 0. The van der Waals surface area contributed by atoms with Crippen molar-refractivity contribution in [2.45, 2.75) is 19.3 Å². The zero-order valence-corrected chi connectivity index (χ0v) is 30.2. The van der Waals surface area contributed by atoms with Gasteiger partial charge in [0.2, 0.25) is 0 Å². The van der Waals surface area contributed by atoms with Gasteiger partial charge in [0.25, 0.3) is 0 Å². The Balaban J connectivity index is 1.09. The quantitative estimate of drug-likeness (QED) is 0.183. The highest BCUT2D eigenvalue weighted by Gasteiger charge is 2.38. The molecule has 0 saturated carbocycles. The molecule has 1 aromatic heterocycles. The minimum atomic E-state index is -0.217. The summed E-state index contributed by atoms with van der Waals surface area (Å²) in [4.78, 5) is 7.27. The summed E-state index contributed by atoms with van der Waals surface area (Å²) in [6, 6.07) is 64.6. The van der Waals surface area contributed by atoms with Crippen molar-refractivity contribution in [1.29, 1.82) is 0 Å². The fraction of sp³-hybridized carbons (Fsp3) is 0.0577. The van der Waals surface area contributed by atoms with Gasteiger partial charge in [0.05, 0.1) is 5.52 Å². The van der Waals surface area contributed by atoms with Gasteiger partial charge >= 0.3 is 0 Å². The van der Waals surface area contributed by atoms with Crippen molar-refractivity contribution in [1.82, 2.24) is 4.98 Å². The monoisotopic (exact) mass is 688 g/mol. The van der Waals surface area contributed by atoms with Gasteiger partial charge in [0.1, 0.15) is 0 Å². The molecule has 0 radical (unpaired) electrons. The first-order valence-corrected chi connectivity index (χ1v) is 18.8. The number of fused-ring (bicyclic) bond motifs is 10. The van der Waals surface area contributed by atoms with Gasteiger partial charge in [-0.25, -0.2) is 0 Å². The van der Waals surface area contributed by atoms with Gasteiger partial charge in [-0.05, 0) is 126 Å². The first-order valence-electron chi connectivity index (χ1n) is 18.8. The molecule has 9 aromatic carbocycles. The maximum Gasteiger partial charge on any atom is 0.0702 e. The van der Waals surface area contributed by atoms with E-state index < -0.39 is 0 Å². The molecule has 1 heterocycles. The van der Waals surface area contributed by atoms with E-state index in [0.29, 0.717) is 0 Å². The molecule has 254 valence electrons. The molecule has 1 aliphatic carbocycles. The van der Waals surface area contributed by atoms with E-state index in [1.807, 2.05) is 6.20 Å². The molecule has 0 spiro atoms. The van der Waals surface area contributed by atoms with Gasteiger partial charge in [0, 0.05) is 39.6 Å². The Bertz CT molecular complexity index is 3070. The van der Waals surface area contributed by atoms with Crippen LogP contribution in [0.5, 0.6) is 0 Å². The molecule has 10 aromatic rings. The normalized spacial score (nSPS) is 13.1. The van der Waals surface area contributed by atoms with Crippen LogP contribution in [0.15, 0.2) is 182 Å². The summed E-state index contributed by atoms with van der Waals surface area (Å²) < 4.78 is 0. The average molecular weight is 689 g/mol. The second-order valence-electron chi connectivity index (χ2n) is 15.2. The smallest absolute Gasteiger partial charge is 0.0702 e. The molecule has 2 heteroatoms. The van der Waals surface area contributed by atoms with E-state index in [2.05, 4.69) is 195 Å². The maximum atomic E-state index is 4.87. The first kappa shape index (κ1) is 30.8. The van der Waals surface area contributed by atoms with Crippen molar-refractivity contribution in [3.05, 3.63) is 193 Å². The molecule has 0 unspecified atom stereocenters. The van der Waals surface area contributed by atoms with Crippen LogP contribution >= 0.6 is 0 Å². The SMILES string of the molecule is CC1(C)c2cc(-c3cnc4ccccc4c3)c3ccccc3c2-c2ccc3cc(N(c4ccc5ccccc5c4)c4ccc5ccccc5c4)ccc3c21. The third-order valence-corrected chi connectivity index (χ3v) is 11.8. The summed E-state index contributed by atoms with van der Waals surface area (Å²) >= 11 is 0. The molecule has 0 fully saturated rings. The van der Waals surface area contributed by atoms with E-state index in [9.17, 15) is 0 Å². The summed E-state index contributed by atoms with van der Waals surface area (Å²) in [7, 11) is 0. The number of rotatable bonds is 4. The van der Waals surface area contributed by atoms with Gasteiger partial charge in [0.15, 0.2) is 0 Å². The lowest BCUT2D eigenvalue weighted by Crippen LogP contribution is -2.16. The molecule has 0 atom stereocenters. The lowest BCUT2D eigenvalue weighted by atomic mass is 9.79. The number of benzene rings is 9. The Labute approximate surface area is 314 Å². The van der Waals surface area contributed by atoms with E-state index >= 15 is 0 Å². The molecule has 1 aliphatic rings. The van der Waals surface area contributed by atoms with Crippen molar-refractivity contribution in [3.8, 4) is 22.3 Å². The van der Waals surface area contributed by atoms with Crippen LogP contribution in [0.3, 0.4) is 0 Å². The number of pyridine rings is 1. The predicted molar refractivity (Wildman–Crippen MR) is 229 cm³/mol. The molecular weight excluding hydrogens is 653 g/mol. The number of nitrogens with zero attached hydrogens (tertiary/aromatic N) is 2. The van der Waals surface area contributed by atoms with Crippen LogP contribution in [-0.4, -0.2) is 4.98 Å². The van der Waals surface area contributed by atoms with Crippen molar-refractivity contribution in [2.24, 2.45) is 0 Å². The summed E-state index contributed by atoms with van der Waals surface area (Å²) in [5.74, 6) is 0. The minimum Gasteiger partial charge on any atom is -0.310 e. The second-order valence-corrected chi connectivity index (χ2v) is 15.2. The Morgan fingerprint density at radius 2 is 0.981 bits per heavy atom. The van der Waals surface area contributed by atoms with Crippen LogP contribution in [0.1, 0.15) is 25.0 Å². The van der Waals surface area contributed by atoms with E-state index in [1.165, 1.54) is 70.9 Å². The summed E-state index contributed by atoms with van der Waals surface area (Å²) in [6.07, 6.45) is 2.04. The lowest BCUT2D eigenvalue weighted by Gasteiger charge is -2.28. The molecule has 0 saturated heterocycles. The maximum absolute atomic E-state index is 4.87. The summed E-state index contributed by atoms with van der Waals surface area (Å²) in [5, 5.41) is 11.2. The first-order chi connectivity index (χ1) is 26.5.